The highest BCUT2D eigenvalue weighted by atomic mass is 79.9. The van der Waals surface area contributed by atoms with Crippen LogP contribution >= 0.6 is 27.5 Å². The van der Waals surface area contributed by atoms with Crippen LogP contribution in [0.15, 0.2) is 22.7 Å². The van der Waals surface area contributed by atoms with Crippen molar-refractivity contribution in [1.29, 1.82) is 0 Å². The first-order valence-electron chi connectivity index (χ1n) is 4.93. The number of amides is 1. The molecule has 0 aliphatic heterocycles. The second-order valence-corrected chi connectivity index (χ2v) is 4.38. The number of ether oxygens (including phenoxy) is 1. The fraction of sp³-hybridized carbons (Fsp3) is 0.273. The Balaban J connectivity index is 2.58. The van der Waals surface area contributed by atoms with Gasteiger partial charge in [0.05, 0.1) is 11.6 Å². The number of esters is 1. The van der Waals surface area contributed by atoms with Crippen molar-refractivity contribution >= 4 is 39.4 Å². The Bertz CT molecular complexity index is 437. The molecule has 6 heteroatoms. The van der Waals surface area contributed by atoms with Gasteiger partial charge in [-0.05, 0) is 41.1 Å². The monoisotopic (exact) mass is 319 g/mol. The van der Waals surface area contributed by atoms with E-state index in [-0.39, 0.29) is 12.5 Å². The van der Waals surface area contributed by atoms with Crippen LogP contribution < -0.4 is 5.32 Å². The summed E-state index contributed by atoms with van der Waals surface area (Å²) in [5.74, 6) is -0.837. The molecular formula is C11H11BrClNO3. The average molecular weight is 321 g/mol. The summed E-state index contributed by atoms with van der Waals surface area (Å²) in [6, 6.07) is 4.80. The molecule has 0 saturated heterocycles. The topological polar surface area (TPSA) is 55.4 Å². The SMILES string of the molecule is CCOC(=O)CNC(=O)c1ccc(Br)c(Cl)c1. The molecule has 1 amide bonds. The molecule has 4 nitrogen and oxygen atoms in total. The smallest absolute Gasteiger partial charge is 0.325 e. The third-order valence-electron chi connectivity index (χ3n) is 1.88. The zero-order valence-corrected chi connectivity index (χ0v) is 11.5. The van der Waals surface area contributed by atoms with Gasteiger partial charge in [-0.25, -0.2) is 0 Å². The maximum atomic E-state index is 11.6. The summed E-state index contributed by atoms with van der Waals surface area (Å²) in [5.41, 5.74) is 0.391. The first-order chi connectivity index (χ1) is 8.04. The van der Waals surface area contributed by atoms with Gasteiger partial charge >= 0.3 is 5.97 Å². The van der Waals surface area contributed by atoms with Gasteiger partial charge in [-0.15, -0.1) is 0 Å². The van der Waals surface area contributed by atoms with Crippen LogP contribution in [0.3, 0.4) is 0 Å². The van der Waals surface area contributed by atoms with E-state index in [0.717, 1.165) is 0 Å². The molecule has 1 aromatic rings. The lowest BCUT2D eigenvalue weighted by atomic mass is 10.2. The van der Waals surface area contributed by atoms with Crippen molar-refractivity contribution in [1.82, 2.24) is 5.32 Å². The van der Waals surface area contributed by atoms with Crippen LogP contribution in [-0.4, -0.2) is 25.0 Å². The highest BCUT2D eigenvalue weighted by Crippen LogP contribution is 2.22. The number of benzene rings is 1. The molecule has 0 aliphatic rings. The Morgan fingerprint density at radius 2 is 2.18 bits per heavy atom. The second-order valence-electron chi connectivity index (χ2n) is 3.12. The van der Waals surface area contributed by atoms with Crippen LogP contribution in [0.5, 0.6) is 0 Å². The quantitative estimate of drug-likeness (QED) is 0.867. The predicted octanol–water partition coefficient (Wildman–Crippen LogP) is 2.40. The van der Waals surface area contributed by atoms with E-state index in [9.17, 15) is 9.59 Å². The van der Waals surface area contributed by atoms with E-state index in [1.54, 1.807) is 19.1 Å². The van der Waals surface area contributed by atoms with Crippen LogP contribution in [-0.2, 0) is 9.53 Å². The Kier molecular flexibility index (Phi) is 5.44. The van der Waals surface area contributed by atoms with Crippen molar-refractivity contribution in [2.24, 2.45) is 0 Å². The number of rotatable bonds is 4. The minimum Gasteiger partial charge on any atom is -0.465 e. The molecule has 0 aromatic heterocycles. The predicted molar refractivity (Wildman–Crippen MR) is 68.1 cm³/mol. The number of halogens is 2. The molecule has 0 bridgehead atoms. The van der Waals surface area contributed by atoms with Gasteiger partial charge < -0.3 is 10.1 Å². The van der Waals surface area contributed by atoms with Gasteiger partial charge in [0.2, 0.25) is 0 Å². The Morgan fingerprint density at radius 1 is 1.47 bits per heavy atom. The second kappa shape index (κ2) is 6.61. The molecule has 0 unspecified atom stereocenters. The zero-order valence-electron chi connectivity index (χ0n) is 9.13. The van der Waals surface area contributed by atoms with Crippen LogP contribution in [0, 0.1) is 0 Å². The van der Waals surface area contributed by atoms with Crippen molar-refractivity contribution in [3.63, 3.8) is 0 Å². The van der Waals surface area contributed by atoms with E-state index in [4.69, 9.17) is 11.6 Å². The minimum absolute atomic E-state index is 0.152. The third kappa shape index (κ3) is 4.36. The molecule has 0 aliphatic carbocycles. The van der Waals surface area contributed by atoms with Crippen LogP contribution in [0.1, 0.15) is 17.3 Å². The van der Waals surface area contributed by atoms with E-state index in [1.165, 1.54) is 6.07 Å². The lowest BCUT2D eigenvalue weighted by molar-refractivity contribution is -0.141. The lowest BCUT2D eigenvalue weighted by Gasteiger charge is -2.05. The highest BCUT2D eigenvalue weighted by Gasteiger charge is 2.09. The molecule has 1 aromatic carbocycles. The standard InChI is InChI=1S/C11H11BrClNO3/c1-2-17-10(15)6-14-11(16)7-3-4-8(12)9(13)5-7/h3-5H,2,6H2,1H3,(H,14,16). The maximum absolute atomic E-state index is 11.6. The van der Waals surface area contributed by atoms with Crippen molar-refractivity contribution in [3.8, 4) is 0 Å². The molecule has 0 radical (unpaired) electrons. The van der Waals surface area contributed by atoms with Gasteiger partial charge in [0, 0.05) is 10.0 Å². The fourth-order valence-corrected chi connectivity index (χ4v) is 1.53. The van der Waals surface area contributed by atoms with E-state index < -0.39 is 5.97 Å². The molecule has 0 fully saturated rings. The first-order valence-corrected chi connectivity index (χ1v) is 6.10. The molecule has 0 atom stereocenters. The molecule has 1 rings (SSSR count). The van der Waals surface area contributed by atoms with Gasteiger partial charge in [-0.2, -0.15) is 0 Å². The van der Waals surface area contributed by atoms with Gasteiger partial charge in [0.15, 0.2) is 0 Å². The number of carbonyl (C=O) groups excluding carboxylic acids is 2. The van der Waals surface area contributed by atoms with E-state index in [0.29, 0.717) is 21.7 Å². The molecule has 0 spiro atoms. The molecule has 1 N–H and O–H groups in total. The fourth-order valence-electron chi connectivity index (χ4n) is 1.10. The Morgan fingerprint density at radius 3 is 2.76 bits per heavy atom. The normalized spacial score (nSPS) is 9.82. The summed E-state index contributed by atoms with van der Waals surface area (Å²) in [4.78, 5) is 22.7. The number of nitrogens with one attached hydrogen (secondary N) is 1. The highest BCUT2D eigenvalue weighted by molar-refractivity contribution is 9.10. The van der Waals surface area contributed by atoms with E-state index in [1.807, 2.05) is 0 Å². The molecule has 17 heavy (non-hydrogen) atoms. The van der Waals surface area contributed by atoms with Crippen LogP contribution in [0.4, 0.5) is 0 Å². The number of hydrogen-bond donors (Lipinski definition) is 1. The summed E-state index contributed by atoms with van der Waals surface area (Å²) < 4.78 is 5.39. The molecule has 92 valence electrons. The minimum atomic E-state index is -0.468. The first kappa shape index (κ1) is 14.0. The third-order valence-corrected chi connectivity index (χ3v) is 3.11. The van der Waals surface area contributed by atoms with Gasteiger partial charge in [0.25, 0.3) is 5.91 Å². The summed E-state index contributed by atoms with van der Waals surface area (Å²) in [5, 5.41) is 2.88. The number of carbonyl (C=O) groups is 2. The van der Waals surface area contributed by atoms with Gasteiger partial charge in [-0.1, -0.05) is 11.6 Å². The van der Waals surface area contributed by atoms with Crippen molar-refractivity contribution < 1.29 is 14.3 Å². The largest absolute Gasteiger partial charge is 0.465 e. The summed E-state index contributed by atoms with van der Waals surface area (Å²) >= 11 is 9.08. The molecule has 0 saturated carbocycles. The van der Waals surface area contributed by atoms with Gasteiger partial charge in [0.1, 0.15) is 6.54 Å². The molecule has 0 heterocycles. The lowest BCUT2D eigenvalue weighted by Crippen LogP contribution is -2.30. The van der Waals surface area contributed by atoms with Crippen molar-refractivity contribution in [2.75, 3.05) is 13.2 Å². The number of hydrogen-bond acceptors (Lipinski definition) is 3. The van der Waals surface area contributed by atoms with Crippen LogP contribution in [0.25, 0.3) is 0 Å². The zero-order chi connectivity index (χ0) is 12.8. The molecular weight excluding hydrogens is 309 g/mol. The summed E-state index contributed by atoms with van der Waals surface area (Å²) in [6.07, 6.45) is 0. The van der Waals surface area contributed by atoms with E-state index in [2.05, 4.69) is 26.0 Å². The Hall–Kier alpha value is -1.07. The average Bonchev–Trinajstić information content (AvgIpc) is 2.30. The van der Waals surface area contributed by atoms with Crippen LogP contribution in [0.2, 0.25) is 5.02 Å². The van der Waals surface area contributed by atoms with E-state index >= 15 is 0 Å². The maximum Gasteiger partial charge on any atom is 0.325 e. The van der Waals surface area contributed by atoms with Crippen molar-refractivity contribution in [2.45, 2.75) is 6.92 Å². The van der Waals surface area contributed by atoms with Gasteiger partial charge in [-0.3, -0.25) is 9.59 Å². The summed E-state index contributed by atoms with van der Waals surface area (Å²) in [7, 11) is 0. The summed E-state index contributed by atoms with van der Waals surface area (Å²) in [6.45, 7) is 1.84. The van der Waals surface area contributed by atoms with Crippen molar-refractivity contribution in [3.05, 3.63) is 33.3 Å². The Labute approximate surface area is 112 Å².